The average molecular weight is 371 g/mol. The van der Waals surface area contributed by atoms with Crippen LogP contribution in [0.2, 0.25) is 0 Å². The van der Waals surface area contributed by atoms with Gasteiger partial charge in [0.25, 0.3) is 0 Å². The van der Waals surface area contributed by atoms with E-state index in [0.717, 1.165) is 28.2 Å². The summed E-state index contributed by atoms with van der Waals surface area (Å²) in [4.78, 5) is 23.5. The predicted molar refractivity (Wildman–Crippen MR) is 100 cm³/mol. The fraction of sp³-hybridized carbons (Fsp3) is 0.444. The molecule has 3 aromatic rings. The van der Waals surface area contributed by atoms with Crippen molar-refractivity contribution in [1.82, 2.24) is 20.0 Å². The van der Waals surface area contributed by atoms with Crippen LogP contribution in [0.3, 0.4) is 0 Å². The van der Waals surface area contributed by atoms with Crippen molar-refractivity contribution in [3.63, 3.8) is 0 Å². The van der Waals surface area contributed by atoms with Crippen LogP contribution in [0.5, 0.6) is 0 Å². The van der Waals surface area contributed by atoms with Crippen LogP contribution >= 0.6 is 11.3 Å². The van der Waals surface area contributed by atoms with Gasteiger partial charge in [-0.05, 0) is 25.0 Å². The second kappa shape index (κ2) is 7.03. The molecule has 8 heteroatoms. The standard InChI is InChI=1S/C18H21N5O2S/c1-11(2)16-21-17(25-22-16)13-7-5-9-23(13)15(24)10-19-18-20-12-6-3-4-8-14(12)26-18/h3-4,6,8,11,13H,5,7,9-10H2,1-2H3,(H,19,20)/t13-/m0/s1. The number of carbonyl (C=O) groups excluding carboxylic acids is 1. The molecule has 2 aromatic heterocycles. The van der Waals surface area contributed by atoms with Gasteiger partial charge in [0.1, 0.15) is 6.04 Å². The van der Waals surface area contributed by atoms with E-state index in [1.807, 2.05) is 43.0 Å². The third-order valence-electron chi connectivity index (χ3n) is 4.52. The lowest BCUT2D eigenvalue weighted by atomic mass is 10.2. The van der Waals surface area contributed by atoms with E-state index in [1.165, 1.54) is 0 Å². The van der Waals surface area contributed by atoms with Crippen molar-refractivity contribution in [3.8, 4) is 0 Å². The summed E-state index contributed by atoms with van der Waals surface area (Å²) in [6.45, 7) is 4.97. The van der Waals surface area contributed by atoms with Gasteiger partial charge >= 0.3 is 0 Å². The van der Waals surface area contributed by atoms with Gasteiger partial charge in [0.15, 0.2) is 11.0 Å². The van der Waals surface area contributed by atoms with Crippen molar-refractivity contribution in [2.45, 2.75) is 38.6 Å². The van der Waals surface area contributed by atoms with Gasteiger partial charge in [0.2, 0.25) is 11.8 Å². The number of nitrogens with zero attached hydrogens (tertiary/aromatic N) is 4. The first-order valence-corrected chi connectivity index (χ1v) is 9.66. The Kier molecular flexibility index (Phi) is 4.58. The van der Waals surface area contributed by atoms with Crippen LogP contribution in [0, 0.1) is 0 Å². The fourth-order valence-electron chi connectivity index (χ4n) is 3.14. The second-order valence-electron chi connectivity index (χ2n) is 6.73. The monoisotopic (exact) mass is 371 g/mol. The van der Waals surface area contributed by atoms with E-state index in [-0.39, 0.29) is 24.4 Å². The zero-order valence-corrected chi connectivity index (χ0v) is 15.6. The van der Waals surface area contributed by atoms with E-state index in [1.54, 1.807) is 11.3 Å². The molecule has 1 aromatic carbocycles. The maximum atomic E-state index is 12.7. The van der Waals surface area contributed by atoms with Crippen molar-refractivity contribution < 1.29 is 9.32 Å². The van der Waals surface area contributed by atoms with Crippen molar-refractivity contribution in [2.24, 2.45) is 0 Å². The maximum absolute atomic E-state index is 12.7. The Morgan fingerprint density at radius 1 is 1.38 bits per heavy atom. The van der Waals surface area contributed by atoms with E-state index in [4.69, 9.17) is 4.52 Å². The Hall–Kier alpha value is -2.48. The maximum Gasteiger partial charge on any atom is 0.249 e. The van der Waals surface area contributed by atoms with E-state index in [2.05, 4.69) is 20.4 Å². The number of anilines is 1. The van der Waals surface area contributed by atoms with Crippen LogP contribution in [0.15, 0.2) is 28.8 Å². The molecule has 1 saturated heterocycles. The van der Waals surface area contributed by atoms with Crippen LogP contribution < -0.4 is 5.32 Å². The second-order valence-corrected chi connectivity index (χ2v) is 7.76. The number of benzene rings is 1. The highest BCUT2D eigenvalue weighted by Gasteiger charge is 2.34. The first kappa shape index (κ1) is 17.0. The summed E-state index contributed by atoms with van der Waals surface area (Å²) in [5, 5.41) is 7.94. The minimum absolute atomic E-state index is 0.0241. The minimum Gasteiger partial charge on any atom is -0.352 e. The summed E-state index contributed by atoms with van der Waals surface area (Å²) in [5.41, 5.74) is 0.943. The van der Waals surface area contributed by atoms with Gasteiger partial charge < -0.3 is 14.7 Å². The third kappa shape index (κ3) is 3.29. The quantitative estimate of drug-likeness (QED) is 0.738. The summed E-state index contributed by atoms with van der Waals surface area (Å²) in [5.74, 6) is 1.46. The molecule has 1 atom stereocenters. The van der Waals surface area contributed by atoms with Crippen molar-refractivity contribution >= 4 is 32.6 Å². The molecule has 26 heavy (non-hydrogen) atoms. The lowest BCUT2D eigenvalue weighted by Crippen LogP contribution is -2.35. The van der Waals surface area contributed by atoms with E-state index in [0.29, 0.717) is 18.3 Å². The van der Waals surface area contributed by atoms with Crippen LogP contribution in [-0.4, -0.2) is 39.0 Å². The largest absolute Gasteiger partial charge is 0.352 e. The summed E-state index contributed by atoms with van der Waals surface area (Å²) >= 11 is 1.55. The topological polar surface area (TPSA) is 84.2 Å². The van der Waals surface area contributed by atoms with E-state index in [9.17, 15) is 4.79 Å². The molecule has 1 N–H and O–H groups in total. The first-order valence-electron chi connectivity index (χ1n) is 8.84. The number of fused-ring (bicyclic) bond motifs is 1. The van der Waals surface area contributed by atoms with Crippen LogP contribution in [0.4, 0.5) is 5.13 Å². The molecule has 1 aliphatic heterocycles. The summed E-state index contributed by atoms with van der Waals surface area (Å²) in [7, 11) is 0. The van der Waals surface area contributed by atoms with Crippen molar-refractivity contribution in [1.29, 1.82) is 0 Å². The molecule has 0 bridgehead atoms. The van der Waals surface area contributed by atoms with Gasteiger partial charge in [0.05, 0.1) is 16.8 Å². The van der Waals surface area contributed by atoms with Crippen LogP contribution in [-0.2, 0) is 4.79 Å². The number of aromatic nitrogens is 3. The van der Waals surface area contributed by atoms with Gasteiger partial charge in [-0.3, -0.25) is 4.79 Å². The van der Waals surface area contributed by atoms with Crippen molar-refractivity contribution in [2.75, 3.05) is 18.4 Å². The Morgan fingerprint density at radius 2 is 2.23 bits per heavy atom. The fourth-order valence-corrected chi connectivity index (χ4v) is 4.00. The molecule has 4 rings (SSSR count). The molecule has 0 unspecified atom stereocenters. The predicted octanol–water partition coefficient (Wildman–Crippen LogP) is 3.58. The molecule has 0 aliphatic carbocycles. The SMILES string of the molecule is CC(C)c1noc([C@@H]2CCCN2C(=O)CNc2nc3ccccc3s2)n1. The zero-order valence-electron chi connectivity index (χ0n) is 14.8. The highest BCUT2D eigenvalue weighted by atomic mass is 32.1. The highest BCUT2D eigenvalue weighted by Crippen LogP contribution is 2.32. The van der Waals surface area contributed by atoms with Gasteiger partial charge in [-0.1, -0.05) is 42.5 Å². The number of para-hydroxylation sites is 1. The zero-order chi connectivity index (χ0) is 18.1. The summed E-state index contributed by atoms with van der Waals surface area (Å²) < 4.78 is 6.51. The number of thiazole rings is 1. The molecule has 1 aliphatic rings. The minimum atomic E-state index is -0.125. The number of rotatable bonds is 5. The molecular formula is C18H21N5O2S. The molecule has 0 radical (unpaired) electrons. The Bertz CT molecular complexity index is 886. The van der Waals surface area contributed by atoms with Gasteiger partial charge in [0, 0.05) is 12.5 Å². The van der Waals surface area contributed by atoms with Gasteiger partial charge in [-0.25, -0.2) is 4.98 Å². The summed E-state index contributed by atoms with van der Waals surface area (Å²) in [6.07, 6.45) is 1.80. The molecule has 1 amide bonds. The molecule has 3 heterocycles. The number of nitrogens with one attached hydrogen (secondary N) is 1. The summed E-state index contributed by atoms with van der Waals surface area (Å²) in [6, 6.07) is 7.82. The van der Waals surface area contributed by atoms with Crippen LogP contribution in [0.25, 0.3) is 10.2 Å². The highest BCUT2D eigenvalue weighted by molar-refractivity contribution is 7.22. The third-order valence-corrected chi connectivity index (χ3v) is 5.51. The lowest BCUT2D eigenvalue weighted by molar-refractivity contribution is -0.130. The number of carbonyl (C=O) groups is 1. The molecular weight excluding hydrogens is 350 g/mol. The lowest BCUT2D eigenvalue weighted by Gasteiger charge is -2.21. The van der Waals surface area contributed by atoms with E-state index >= 15 is 0 Å². The van der Waals surface area contributed by atoms with Crippen LogP contribution in [0.1, 0.15) is 50.4 Å². The molecule has 0 saturated carbocycles. The normalized spacial score (nSPS) is 17.3. The molecule has 0 spiro atoms. The van der Waals surface area contributed by atoms with E-state index < -0.39 is 0 Å². The number of likely N-dealkylation sites (tertiary alicyclic amines) is 1. The first-order chi connectivity index (χ1) is 12.6. The number of amides is 1. The average Bonchev–Trinajstić information content (AvgIpc) is 3.37. The molecule has 1 fully saturated rings. The number of hydrogen-bond acceptors (Lipinski definition) is 7. The van der Waals surface area contributed by atoms with Gasteiger partial charge in [-0.2, -0.15) is 4.98 Å². The Balaban J connectivity index is 1.42. The Labute approximate surface area is 155 Å². The Morgan fingerprint density at radius 3 is 3.00 bits per heavy atom. The number of hydrogen-bond donors (Lipinski definition) is 1. The van der Waals surface area contributed by atoms with Gasteiger partial charge in [-0.15, -0.1) is 0 Å². The smallest absolute Gasteiger partial charge is 0.249 e. The molecule has 136 valence electrons. The molecule has 7 nitrogen and oxygen atoms in total. The van der Waals surface area contributed by atoms with Crippen molar-refractivity contribution in [3.05, 3.63) is 36.0 Å².